The van der Waals surface area contributed by atoms with Crippen molar-refractivity contribution in [2.45, 2.75) is 288 Å². The van der Waals surface area contributed by atoms with Gasteiger partial charge in [-0.15, -0.1) is 0 Å². The molecule has 1 heterocycles. The zero-order valence-electron chi connectivity index (χ0n) is 75.4. The van der Waals surface area contributed by atoms with E-state index in [1.807, 2.05) is 0 Å². The van der Waals surface area contributed by atoms with E-state index in [4.69, 9.17) is 22.9 Å². The van der Waals surface area contributed by atoms with Gasteiger partial charge in [0, 0.05) is 42.8 Å². The van der Waals surface area contributed by atoms with Crippen LogP contribution in [0.25, 0.3) is 10.9 Å². The maximum absolute atomic E-state index is 15.0. The minimum absolute atomic E-state index is 0.0210. The molecule has 0 aliphatic rings. The Bertz CT molecular complexity index is 4210. The second-order valence-electron chi connectivity index (χ2n) is 33.6. The van der Waals surface area contributed by atoms with Gasteiger partial charge in [-0.05, 0) is 176 Å². The Kier molecular flexibility index (Phi) is 50.4. The largest absolute Gasteiger partial charge is 0.481 e. The predicted octanol–water partition coefficient (Wildman–Crippen LogP) is -1.70. The molecule has 720 valence electrons. The second kappa shape index (κ2) is 58.2. The van der Waals surface area contributed by atoms with Crippen LogP contribution in [-0.2, 0) is 99.1 Å². The van der Waals surface area contributed by atoms with Gasteiger partial charge >= 0.3 is 23.9 Å². The van der Waals surface area contributed by atoms with Crippen molar-refractivity contribution >= 4 is 129 Å². The number of aromatic amines is 1. The van der Waals surface area contributed by atoms with Gasteiger partial charge in [0.05, 0.1) is 12.5 Å². The number of hydrogen-bond acceptors (Lipinski definition) is 24. The molecule has 1 aromatic heterocycles. The van der Waals surface area contributed by atoms with Crippen molar-refractivity contribution in [1.82, 2.24) is 79.4 Å². The van der Waals surface area contributed by atoms with Gasteiger partial charge < -0.3 is 128 Å². The highest BCUT2D eigenvalue weighted by Gasteiger charge is 2.40. The number of aliphatic hydroxyl groups is 1. The van der Waals surface area contributed by atoms with Crippen LogP contribution in [0.4, 0.5) is 0 Å². The molecule has 42 nitrogen and oxygen atoms in total. The minimum atomic E-state index is -2.01. The summed E-state index contributed by atoms with van der Waals surface area (Å²) in [5.74, 6) is -21.4. The van der Waals surface area contributed by atoms with E-state index in [2.05, 4.69) is 79.4 Å². The summed E-state index contributed by atoms with van der Waals surface area (Å²) in [6, 6.07) is -7.50. The molecule has 0 bridgehead atoms. The van der Waals surface area contributed by atoms with Crippen molar-refractivity contribution in [3.63, 3.8) is 0 Å². The fourth-order valence-corrected chi connectivity index (χ4v) is 14.1. The summed E-state index contributed by atoms with van der Waals surface area (Å²) in [7, 11) is 0. The van der Waals surface area contributed by atoms with E-state index in [0.717, 1.165) is 0 Å². The van der Waals surface area contributed by atoms with E-state index in [-0.39, 0.29) is 95.0 Å². The Morgan fingerprint density at radius 3 is 1.14 bits per heavy atom. The van der Waals surface area contributed by atoms with Crippen molar-refractivity contribution in [3.8, 4) is 0 Å². The molecular weight excluding hydrogens is 1700 g/mol. The Labute approximate surface area is 755 Å². The van der Waals surface area contributed by atoms with Gasteiger partial charge in [-0.25, -0.2) is 4.79 Å². The number of nitrogens with two attached hydrogens (primary N) is 4. The summed E-state index contributed by atoms with van der Waals surface area (Å²) < 4.78 is 0. The first-order chi connectivity index (χ1) is 60.9. The Morgan fingerprint density at radius 1 is 0.364 bits per heavy atom. The number of aromatic nitrogens is 1. The van der Waals surface area contributed by atoms with Crippen LogP contribution in [-0.4, -0.2) is 265 Å². The number of benzene rings is 2. The second-order valence-corrected chi connectivity index (χ2v) is 34.6. The summed E-state index contributed by atoms with van der Waals surface area (Å²) >= 11 is 1.29. The number of carbonyl (C=O) groups is 18. The number of para-hydroxylation sites is 1. The summed E-state index contributed by atoms with van der Waals surface area (Å²) in [4.78, 5) is 252. The van der Waals surface area contributed by atoms with Crippen molar-refractivity contribution in [3.05, 3.63) is 71.9 Å². The molecule has 0 saturated carbocycles. The zero-order valence-corrected chi connectivity index (χ0v) is 76.2. The summed E-state index contributed by atoms with van der Waals surface area (Å²) in [5.41, 5.74) is 25.0. The number of H-pyrrole nitrogens is 1. The van der Waals surface area contributed by atoms with E-state index < -0.39 is 247 Å². The molecule has 0 aliphatic carbocycles. The number of amides is 14. The number of rotatable bonds is 63. The third kappa shape index (κ3) is 40.8. The number of carboxylic acid groups (broad SMARTS) is 4. The van der Waals surface area contributed by atoms with Gasteiger partial charge in [-0.1, -0.05) is 104 Å². The molecule has 16 atom stereocenters. The van der Waals surface area contributed by atoms with Crippen LogP contribution < -0.4 is 97.4 Å². The summed E-state index contributed by atoms with van der Waals surface area (Å²) in [6.45, 7) is 16.1. The fourth-order valence-electron chi connectivity index (χ4n) is 13.6. The Hall–Kier alpha value is -11.4. The molecule has 0 radical (unpaired) electrons. The number of nitrogens with one attached hydrogen (secondary N) is 15. The number of aliphatic hydroxyl groups excluding tert-OH is 1. The third-order valence-electron chi connectivity index (χ3n) is 20.9. The molecule has 28 N–H and O–H groups in total. The molecule has 2 aromatic carbocycles. The molecule has 43 heteroatoms. The highest BCUT2D eigenvalue weighted by atomic mass is 32.2. The molecule has 0 fully saturated rings. The number of unbranched alkanes of at least 4 members (excludes halogenated alkanes) is 3. The smallest absolute Gasteiger partial charge is 0.326 e. The van der Waals surface area contributed by atoms with Crippen LogP contribution in [0.2, 0.25) is 0 Å². The van der Waals surface area contributed by atoms with Crippen molar-refractivity contribution in [2.75, 3.05) is 31.6 Å². The first-order valence-corrected chi connectivity index (χ1v) is 45.0. The molecule has 0 aliphatic heterocycles. The van der Waals surface area contributed by atoms with Crippen LogP contribution in [0.3, 0.4) is 0 Å². The monoisotopic (exact) mass is 1840 g/mol. The van der Waals surface area contributed by atoms with Gasteiger partial charge in [-0.2, -0.15) is 11.8 Å². The van der Waals surface area contributed by atoms with E-state index in [0.29, 0.717) is 54.1 Å². The number of aliphatic carboxylic acids is 4. The molecule has 0 saturated heterocycles. The van der Waals surface area contributed by atoms with Gasteiger partial charge in [0.15, 0.2) is 0 Å². The average Bonchev–Trinajstić information content (AvgIpc) is 1.67. The maximum Gasteiger partial charge on any atom is 0.326 e. The highest BCUT2D eigenvalue weighted by molar-refractivity contribution is 7.98. The number of fused-ring (bicyclic) bond motifs is 1. The van der Waals surface area contributed by atoms with E-state index in [1.54, 1.807) is 94.7 Å². The lowest BCUT2D eigenvalue weighted by molar-refractivity contribution is -0.144. The molecule has 129 heavy (non-hydrogen) atoms. The topological polar surface area (TPSA) is 697 Å². The first-order valence-electron chi connectivity index (χ1n) is 43.6. The lowest BCUT2D eigenvalue weighted by Crippen LogP contribution is -2.62. The molecular formula is C86H137N19O23S. The number of thioether (sulfide) groups is 1. The van der Waals surface area contributed by atoms with Crippen LogP contribution in [0.5, 0.6) is 0 Å². The molecule has 0 spiro atoms. The normalized spacial score (nSPS) is 15.1. The number of carboxylic acids is 4. The van der Waals surface area contributed by atoms with E-state index in [1.165, 1.54) is 53.3 Å². The predicted molar refractivity (Wildman–Crippen MR) is 478 cm³/mol. The first kappa shape index (κ1) is 112. The molecule has 3 aromatic rings. The average molecular weight is 1840 g/mol. The number of carbonyl (C=O) groups excluding carboxylic acids is 14. The van der Waals surface area contributed by atoms with Crippen LogP contribution in [0.15, 0.2) is 60.8 Å². The van der Waals surface area contributed by atoms with Crippen molar-refractivity contribution in [1.29, 1.82) is 0 Å². The van der Waals surface area contributed by atoms with Crippen LogP contribution in [0.1, 0.15) is 190 Å². The Balaban J connectivity index is 1.96. The Morgan fingerprint density at radius 2 is 0.713 bits per heavy atom. The van der Waals surface area contributed by atoms with Gasteiger partial charge in [0.25, 0.3) is 0 Å². The van der Waals surface area contributed by atoms with E-state index >= 15 is 0 Å². The SMILES string of the molecule is CSCC[C@H](NC(=O)[C@H](Cc1c[nH]c2ccccc12)NC(=O)[C@H](CCCCN)NC(=O)[C@H](CCCCN)NC(=O)[C@H](CC(C)C)NC(=O)[C@@H](N)[C@@H](C)O)C(=O)N[C@@H](C)C(=O)N[C@@H](CCC(=O)O)C(=O)N[C@H](C(=O)N[C@@H](CC(=O)O)C(=O)N[C@H](C(=O)N[C@@H](Cc1ccccc1)C(=O)N[C@@H](CC(C)C)C(=O)N[C@@H](CCCCN)C(=O)N[C@@H](CCC(=O)O)C(=O)O)C(C)C)C(C)C. The molecule has 14 amide bonds. The van der Waals surface area contributed by atoms with Crippen LogP contribution >= 0.6 is 11.8 Å². The quantitative estimate of drug-likeness (QED) is 0.0280. The number of hydrogen-bond donors (Lipinski definition) is 24. The lowest BCUT2D eigenvalue weighted by Gasteiger charge is -2.30. The lowest BCUT2D eigenvalue weighted by atomic mass is 9.98. The van der Waals surface area contributed by atoms with E-state index in [9.17, 15) is 112 Å². The van der Waals surface area contributed by atoms with Gasteiger partial charge in [0.2, 0.25) is 82.7 Å². The fraction of sp³-hybridized carbons (Fsp3) is 0.628. The van der Waals surface area contributed by atoms with Crippen LogP contribution in [0, 0.1) is 23.7 Å². The van der Waals surface area contributed by atoms with Gasteiger partial charge in [0.1, 0.15) is 90.6 Å². The summed E-state index contributed by atoms with van der Waals surface area (Å²) in [6.07, 6.45) is 0.125. The minimum Gasteiger partial charge on any atom is -0.481 e. The third-order valence-corrected chi connectivity index (χ3v) is 21.6. The highest BCUT2D eigenvalue weighted by Crippen LogP contribution is 2.22. The van der Waals surface area contributed by atoms with Gasteiger partial charge in [-0.3, -0.25) is 81.5 Å². The molecule has 3 rings (SSSR count). The van der Waals surface area contributed by atoms with Crippen molar-refractivity contribution < 1.29 is 112 Å². The zero-order chi connectivity index (χ0) is 96.9. The maximum atomic E-state index is 15.0. The molecule has 0 unspecified atom stereocenters. The summed E-state index contributed by atoms with van der Waals surface area (Å²) in [5, 5.41) is 85.6. The standard InChI is InChI=1S/C86H137N19O23S/c1-45(2)39-61(78(119)96-56(28-18-21-36-88)75(116)98-60(86(127)128)31-33-67(109)110)99-80(121)63(41-51-23-13-12-14-24-51)102-84(125)71(48(7)8)105-82(123)65(43-68(111)112)103-85(126)70(47(5)6)104-77(118)58(30-32-66(107)108)93-72(113)49(9)92-73(114)59(34-38-129-11)97-81(122)64(42-52-44-91-54-26-16-15-25-53(52)54)100-76(117)57(29-19-22-37-89)94-74(115)55(27-17-20-35-87)95-79(120)62(40-46(3)4)101-83(124)69(90)50(10)106/h12-16,23-26,44-50,55-65,69-71,91,106H,17-22,27-43,87-90H2,1-11H3,(H,92,114)(H,93,113)(H,94,115)(H,95,120)(H,96,119)(H,97,122)(H,98,116)(H,99,121)(H,100,117)(H,101,124)(H,102,125)(H,103,126)(H,104,118)(H,105,123)(H,107,108)(H,109,110)(H,111,112)(H,127,128)/t49-,50+,55-,56-,57-,58-,59-,60-,61-,62-,63-,64-,65-,69-,70-,71-/m0/s1. The van der Waals surface area contributed by atoms with Crippen molar-refractivity contribution in [2.24, 2.45) is 46.6 Å².